The zero-order valence-electron chi connectivity index (χ0n) is 16.1. The van der Waals surface area contributed by atoms with Gasteiger partial charge in [-0.05, 0) is 25.0 Å². The molecule has 0 N–H and O–H groups in total. The zero-order chi connectivity index (χ0) is 20.4. The number of piperidine rings is 1. The Morgan fingerprint density at radius 2 is 2.07 bits per heavy atom. The Labute approximate surface area is 166 Å². The van der Waals surface area contributed by atoms with E-state index in [1.165, 1.54) is 18.3 Å². The molecule has 2 aliphatic rings. The number of aromatic nitrogens is 1. The van der Waals surface area contributed by atoms with Crippen molar-refractivity contribution < 1.29 is 28.1 Å². The number of hydrogen-bond acceptors (Lipinski definition) is 7. The molecule has 154 valence electrons. The third-order valence-electron chi connectivity index (χ3n) is 5.29. The largest absolute Gasteiger partial charge is 0.461 e. The minimum absolute atomic E-state index is 0.0703. The van der Waals surface area contributed by atoms with Gasteiger partial charge >= 0.3 is 6.03 Å². The first-order valence-electron chi connectivity index (χ1n) is 9.48. The van der Waals surface area contributed by atoms with Crippen molar-refractivity contribution in [2.75, 3.05) is 39.9 Å². The number of ether oxygens (including phenoxy) is 1. The SMILES string of the molecule is COCCN1C(=O)CN(C2CCN(C(=O)c3cc(-c4ccco4)on3)CC2)C1=O. The predicted molar refractivity (Wildman–Crippen MR) is 98.8 cm³/mol. The van der Waals surface area contributed by atoms with Crippen molar-refractivity contribution in [3.8, 4) is 11.5 Å². The normalized spacial score (nSPS) is 18.2. The van der Waals surface area contributed by atoms with Crippen LogP contribution in [0.3, 0.4) is 0 Å². The number of furan rings is 1. The van der Waals surface area contributed by atoms with Crippen LogP contribution >= 0.6 is 0 Å². The van der Waals surface area contributed by atoms with Crippen LogP contribution in [0, 0.1) is 0 Å². The van der Waals surface area contributed by atoms with Crippen LogP contribution in [0.15, 0.2) is 33.4 Å². The van der Waals surface area contributed by atoms with E-state index >= 15 is 0 Å². The van der Waals surface area contributed by atoms with E-state index in [1.54, 1.807) is 28.0 Å². The minimum Gasteiger partial charge on any atom is -0.461 e. The molecule has 29 heavy (non-hydrogen) atoms. The molecule has 4 rings (SSSR count). The highest BCUT2D eigenvalue weighted by molar-refractivity contribution is 6.02. The molecular weight excluding hydrogens is 380 g/mol. The number of hydrogen-bond donors (Lipinski definition) is 0. The average molecular weight is 402 g/mol. The lowest BCUT2D eigenvalue weighted by atomic mass is 10.0. The van der Waals surface area contributed by atoms with Crippen molar-refractivity contribution in [1.82, 2.24) is 19.9 Å². The van der Waals surface area contributed by atoms with Crippen LogP contribution < -0.4 is 0 Å². The maximum atomic E-state index is 12.7. The van der Waals surface area contributed by atoms with Crippen LogP contribution in [0.1, 0.15) is 23.3 Å². The van der Waals surface area contributed by atoms with E-state index in [0.717, 1.165) is 0 Å². The number of imide groups is 1. The molecule has 2 aliphatic heterocycles. The van der Waals surface area contributed by atoms with E-state index in [4.69, 9.17) is 13.7 Å². The topological polar surface area (TPSA) is 109 Å². The number of carbonyl (C=O) groups is 3. The molecule has 0 saturated carbocycles. The molecule has 10 nitrogen and oxygen atoms in total. The van der Waals surface area contributed by atoms with Crippen LogP contribution in [0.2, 0.25) is 0 Å². The molecule has 0 bridgehead atoms. The lowest BCUT2D eigenvalue weighted by Crippen LogP contribution is -2.48. The highest BCUT2D eigenvalue weighted by Gasteiger charge is 2.41. The second kappa shape index (κ2) is 8.08. The van der Waals surface area contributed by atoms with Crippen LogP contribution in [-0.2, 0) is 9.53 Å². The standard InChI is InChI=1S/C19H22N4O6/c1-27-10-8-22-17(24)12-23(19(22)26)13-4-6-21(7-5-13)18(25)14-11-16(29-20-14)15-3-2-9-28-15/h2-3,9,11,13H,4-8,10,12H2,1H3. The fourth-order valence-corrected chi connectivity index (χ4v) is 3.70. The van der Waals surface area contributed by atoms with Gasteiger partial charge in [0.1, 0.15) is 6.54 Å². The zero-order valence-corrected chi connectivity index (χ0v) is 16.1. The summed E-state index contributed by atoms with van der Waals surface area (Å²) in [4.78, 5) is 41.9. The summed E-state index contributed by atoms with van der Waals surface area (Å²) in [6.07, 6.45) is 2.72. The monoisotopic (exact) mass is 402 g/mol. The highest BCUT2D eigenvalue weighted by Crippen LogP contribution is 2.25. The Hall–Kier alpha value is -3.14. The number of amides is 4. The van der Waals surface area contributed by atoms with Crippen molar-refractivity contribution in [3.05, 3.63) is 30.2 Å². The molecule has 4 heterocycles. The van der Waals surface area contributed by atoms with E-state index in [1.807, 2.05) is 0 Å². The van der Waals surface area contributed by atoms with Crippen molar-refractivity contribution in [1.29, 1.82) is 0 Å². The molecule has 0 aromatic carbocycles. The van der Waals surface area contributed by atoms with Gasteiger partial charge in [0, 0.05) is 32.3 Å². The molecule has 0 spiro atoms. The van der Waals surface area contributed by atoms with E-state index in [2.05, 4.69) is 5.16 Å². The lowest BCUT2D eigenvalue weighted by molar-refractivity contribution is -0.125. The van der Waals surface area contributed by atoms with Gasteiger partial charge in [0.2, 0.25) is 11.7 Å². The minimum atomic E-state index is -0.281. The molecule has 4 amide bonds. The van der Waals surface area contributed by atoms with Crippen LogP contribution in [-0.4, -0.2) is 83.6 Å². The molecule has 0 atom stereocenters. The van der Waals surface area contributed by atoms with E-state index in [-0.39, 0.29) is 42.7 Å². The summed E-state index contributed by atoms with van der Waals surface area (Å²) in [6.45, 7) is 1.60. The van der Waals surface area contributed by atoms with E-state index in [9.17, 15) is 14.4 Å². The van der Waals surface area contributed by atoms with Crippen LogP contribution in [0.4, 0.5) is 4.79 Å². The van der Waals surface area contributed by atoms with Crippen molar-refractivity contribution >= 4 is 17.8 Å². The molecule has 0 radical (unpaired) electrons. The molecule has 2 saturated heterocycles. The second-order valence-electron chi connectivity index (χ2n) is 7.03. The summed E-state index contributed by atoms with van der Waals surface area (Å²) in [5.74, 6) is 0.463. The van der Waals surface area contributed by atoms with Gasteiger partial charge in [0.25, 0.3) is 5.91 Å². The van der Waals surface area contributed by atoms with Crippen LogP contribution in [0.25, 0.3) is 11.5 Å². The summed E-state index contributed by atoms with van der Waals surface area (Å²) in [7, 11) is 1.53. The van der Waals surface area contributed by atoms with Crippen molar-refractivity contribution in [2.45, 2.75) is 18.9 Å². The van der Waals surface area contributed by atoms with Gasteiger partial charge in [-0.15, -0.1) is 0 Å². The Morgan fingerprint density at radius 1 is 1.28 bits per heavy atom. The fourth-order valence-electron chi connectivity index (χ4n) is 3.70. The Balaban J connectivity index is 1.34. The number of urea groups is 1. The van der Waals surface area contributed by atoms with Gasteiger partial charge in [-0.2, -0.15) is 0 Å². The van der Waals surface area contributed by atoms with Crippen molar-refractivity contribution in [2.24, 2.45) is 0 Å². The van der Waals surface area contributed by atoms with Gasteiger partial charge in [-0.25, -0.2) is 4.79 Å². The second-order valence-corrected chi connectivity index (χ2v) is 7.03. The molecule has 0 aliphatic carbocycles. The van der Waals surface area contributed by atoms with Crippen molar-refractivity contribution in [3.63, 3.8) is 0 Å². The average Bonchev–Trinajstić information content (AvgIpc) is 3.47. The summed E-state index contributed by atoms with van der Waals surface area (Å²) >= 11 is 0. The molecule has 2 aromatic rings. The Bertz CT molecular complexity index is 884. The lowest BCUT2D eigenvalue weighted by Gasteiger charge is -2.35. The first kappa shape index (κ1) is 19.2. The molecule has 2 fully saturated rings. The third-order valence-corrected chi connectivity index (χ3v) is 5.29. The van der Waals surface area contributed by atoms with Gasteiger partial charge in [-0.3, -0.25) is 14.5 Å². The number of nitrogens with zero attached hydrogens (tertiary/aromatic N) is 4. The molecule has 0 unspecified atom stereocenters. The maximum absolute atomic E-state index is 12.7. The Kier molecular flexibility index (Phi) is 5.34. The van der Waals surface area contributed by atoms with Crippen LogP contribution in [0.5, 0.6) is 0 Å². The fraction of sp³-hybridized carbons (Fsp3) is 0.474. The van der Waals surface area contributed by atoms with Gasteiger partial charge < -0.3 is 23.5 Å². The summed E-state index contributed by atoms with van der Waals surface area (Å²) < 4.78 is 15.4. The van der Waals surface area contributed by atoms with E-state index < -0.39 is 0 Å². The Morgan fingerprint density at radius 3 is 2.76 bits per heavy atom. The quantitative estimate of drug-likeness (QED) is 0.673. The number of likely N-dealkylation sites (tertiary alicyclic amines) is 1. The summed E-state index contributed by atoms with van der Waals surface area (Å²) in [5, 5.41) is 3.85. The highest BCUT2D eigenvalue weighted by atomic mass is 16.5. The maximum Gasteiger partial charge on any atom is 0.327 e. The van der Waals surface area contributed by atoms with Gasteiger partial charge in [0.15, 0.2) is 11.5 Å². The first-order chi connectivity index (χ1) is 14.1. The molecular formula is C19H22N4O6. The smallest absolute Gasteiger partial charge is 0.327 e. The summed E-state index contributed by atoms with van der Waals surface area (Å²) in [6, 6.07) is 4.66. The number of methoxy groups -OCH3 is 1. The summed E-state index contributed by atoms with van der Waals surface area (Å²) in [5.41, 5.74) is 0.216. The van der Waals surface area contributed by atoms with Gasteiger partial charge in [-0.1, -0.05) is 5.16 Å². The predicted octanol–water partition coefficient (Wildman–Crippen LogP) is 1.45. The van der Waals surface area contributed by atoms with Gasteiger partial charge in [0.05, 0.1) is 19.4 Å². The molecule has 2 aromatic heterocycles. The first-order valence-corrected chi connectivity index (χ1v) is 9.48. The third kappa shape index (κ3) is 3.75. The number of rotatable bonds is 6. The van der Waals surface area contributed by atoms with E-state index in [0.29, 0.717) is 44.1 Å². The number of carbonyl (C=O) groups excluding carboxylic acids is 3. The molecule has 10 heteroatoms.